The summed E-state index contributed by atoms with van der Waals surface area (Å²) in [4.78, 5) is 12.0. The molecule has 0 atom stereocenters. The maximum Gasteiger partial charge on any atom is 0.189 e. The van der Waals surface area contributed by atoms with E-state index in [1.165, 1.54) is 19.4 Å². The van der Waals surface area contributed by atoms with Gasteiger partial charge < -0.3 is 9.84 Å². The van der Waals surface area contributed by atoms with Gasteiger partial charge in [0.15, 0.2) is 17.3 Å². The van der Waals surface area contributed by atoms with Crippen molar-refractivity contribution in [2.24, 2.45) is 7.05 Å². The van der Waals surface area contributed by atoms with Crippen molar-refractivity contribution in [3.05, 3.63) is 59.9 Å². The Morgan fingerprint density at radius 2 is 2.27 bits per heavy atom. The zero-order chi connectivity index (χ0) is 16.1. The van der Waals surface area contributed by atoms with Crippen molar-refractivity contribution >= 4 is 11.9 Å². The molecular formula is C17H18N2O3. The van der Waals surface area contributed by atoms with Crippen molar-refractivity contribution in [3.8, 4) is 11.5 Å². The molecule has 0 spiro atoms. The highest BCUT2D eigenvalue weighted by Gasteiger charge is 2.09. The Hall–Kier alpha value is -2.82. The molecule has 114 valence electrons. The molecule has 5 heteroatoms. The van der Waals surface area contributed by atoms with Gasteiger partial charge >= 0.3 is 0 Å². The topological polar surface area (TPSA) is 64.4 Å². The summed E-state index contributed by atoms with van der Waals surface area (Å²) in [7, 11) is 3.24. The molecule has 1 N–H and O–H groups in total. The van der Waals surface area contributed by atoms with E-state index in [4.69, 9.17) is 4.74 Å². The number of nitrogens with zero attached hydrogens (tertiary/aromatic N) is 2. The molecule has 1 aromatic carbocycles. The number of rotatable bonds is 6. The molecule has 0 unspecified atom stereocenters. The summed E-state index contributed by atoms with van der Waals surface area (Å²) in [5.41, 5.74) is 1.99. The Bertz CT molecular complexity index is 730. The summed E-state index contributed by atoms with van der Waals surface area (Å²) >= 11 is 0. The third-order valence-corrected chi connectivity index (χ3v) is 3.18. The number of benzene rings is 1. The van der Waals surface area contributed by atoms with Gasteiger partial charge in [0.2, 0.25) is 0 Å². The van der Waals surface area contributed by atoms with Crippen LogP contribution in [0.25, 0.3) is 6.08 Å². The lowest BCUT2D eigenvalue weighted by atomic mass is 10.0. The molecular weight excluding hydrogens is 280 g/mol. The van der Waals surface area contributed by atoms with Crippen LogP contribution in [0.5, 0.6) is 11.5 Å². The minimum Gasteiger partial charge on any atom is -0.504 e. The predicted molar refractivity (Wildman–Crippen MR) is 85.1 cm³/mol. The summed E-state index contributed by atoms with van der Waals surface area (Å²) in [6.07, 6.45) is 8.55. The van der Waals surface area contributed by atoms with Crippen LogP contribution in [0.2, 0.25) is 0 Å². The Kier molecular flexibility index (Phi) is 4.78. The normalized spacial score (nSPS) is 10.8. The summed E-state index contributed by atoms with van der Waals surface area (Å²) in [5.74, 6) is 0.330. The molecule has 0 aliphatic rings. The molecule has 0 amide bonds. The Labute approximate surface area is 129 Å². The molecule has 0 aliphatic carbocycles. The third kappa shape index (κ3) is 3.44. The number of hydrogen-bond acceptors (Lipinski definition) is 4. The highest BCUT2D eigenvalue weighted by Crippen LogP contribution is 2.32. The number of aryl methyl sites for hydroxylation is 1. The predicted octanol–water partition coefficient (Wildman–Crippen LogP) is 2.76. The number of aromatic hydroxyl groups is 1. The van der Waals surface area contributed by atoms with Crippen LogP contribution in [0, 0.1) is 0 Å². The minimum atomic E-state index is -0.134. The van der Waals surface area contributed by atoms with Gasteiger partial charge in [-0.3, -0.25) is 9.48 Å². The van der Waals surface area contributed by atoms with Gasteiger partial charge in [0, 0.05) is 18.8 Å². The van der Waals surface area contributed by atoms with Crippen LogP contribution in [0.3, 0.4) is 0 Å². The van der Waals surface area contributed by atoms with Crippen molar-refractivity contribution in [3.63, 3.8) is 0 Å². The van der Waals surface area contributed by atoms with Crippen LogP contribution in [0.1, 0.15) is 21.5 Å². The monoisotopic (exact) mass is 298 g/mol. The number of hydrogen-bond donors (Lipinski definition) is 1. The van der Waals surface area contributed by atoms with Crippen molar-refractivity contribution in [1.82, 2.24) is 9.78 Å². The Balaban J connectivity index is 2.28. The average Bonchev–Trinajstić information content (AvgIpc) is 2.94. The SMILES string of the molecule is C=CCc1cc(/C=C\C(=O)c2cnn(C)c2)cc(OC)c1O. The zero-order valence-electron chi connectivity index (χ0n) is 12.6. The molecule has 0 saturated carbocycles. The van der Waals surface area contributed by atoms with Gasteiger partial charge in [0.25, 0.3) is 0 Å². The molecule has 0 radical (unpaired) electrons. The second-order valence-corrected chi connectivity index (χ2v) is 4.82. The van der Waals surface area contributed by atoms with Gasteiger partial charge in [0.05, 0.1) is 18.9 Å². The van der Waals surface area contributed by atoms with Crippen molar-refractivity contribution in [1.29, 1.82) is 0 Å². The van der Waals surface area contributed by atoms with Gasteiger partial charge in [-0.25, -0.2) is 0 Å². The van der Waals surface area contributed by atoms with Gasteiger partial charge in [-0.1, -0.05) is 12.2 Å². The maximum atomic E-state index is 12.0. The van der Waals surface area contributed by atoms with E-state index in [1.807, 2.05) is 0 Å². The fraction of sp³-hybridized carbons (Fsp3) is 0.176. The van der Waals surface area contributed by atoms with E-state index in [1.54, 1.807) is 42.2 Å². The van der Waals surface area contributed by atoms with Crippen LogP contribution in [0.4, 0.5) is 0 Å². The molecule has 5 nitrogen and oxygen atoms in total. The average molecular weight is 298 g/mol. The molecule has 0 aliphatic heterocycles. The first-order chi connectivity index (χ1) is 10.5. The van der Waals surface area contributed by atoms with E-state index < -0.39 is 0 Å². The van der Waals surface area contributed by atoms with Gasteiger partial charge in [-0.2, -0.15) is 5.10 Å². The standard InChI is InChI=1S/C17H18N2O3/c1-4-5-13-8-12(9-16(22-3)17(13)21)6-7-15(20)14-10-18-19(2)11-14/h4,6-11,21H,1,5H2,2-3H3/b7-6-. The molecule has 22 heavy (non-hydrogen) atoms. The van der Waals surface area contributed by atoms with Crippen molar-refractivity contribution in [2.45, 2.75) is 6.42 Å². The minimum absolute atomic E-state index is 0.0955. The van der Waals surface area contributed by atoms with Crippen LogP contribution in [-0.4, -0.2) is 27.8 Å². The molecule has 0 bridgehead atoms. The summed E-state index contributed by atoms with van der Waals surface area (Å²) < 4.78 is 6.73. The first-order valence-corrected chi connectivity index (χ1v) is 6.77. The second-order valence-electron chi connectivity index (χ2n) is 4.82. The van der Waals surface area contributed by atoms with E-state index in [2.05, 4.69) is 11.7 Å². The quantitative estimate of drug-likeness (QED) is 0.506. The zero-order valence-corrected chi connectivity index (χ0v) is 12.6. The fourth-order valence-corrected chi connectivity index (χ4v) is 2.07. The number of methoxy groups -OCH3 is 1. The number of allylic oxidation sites excluding steroid dienone is 2. The number of ketones is 1. The van der Waals surface area contributed by atoms with Crippen LogP contribution >= 0.6 is 0 Å². The maximum absolute atomic E-state index is 12.0. The Morgan fingerprint density at radius 1 is 1.50 bits per heavy atom. The number of carbonyl (C=O) groups is 1. The number of aromatic nitrogens is 2. The lowest BCUT2D eigenvalue weighted by Gasteiger charge is -2.09. The van der Waals surface area contributed by atoms with Gasteiger partial charge in [-0.15, -0.1) is 6.58 Å². The first kappa shape index (κ1) is 15.6. The van der Waals surface area contributed by atoms with Crippen LogP contribution in [0.15, 0.2) is 43.3 Å². The number of phenolic OH excluding ortho intramolecular Hbond substituents is 1. The number of carbonyl (C=O) groups excluding carboxylic acids is 1. The molecule has 1 heterocycles. The lowest BCUT2D eigenvalue weighted by molar-refractivity contribution is 0.104. The third-order valence-electron chi connectivity index (χ3n) is 3.18. The highest BCUT2D eigenvalue weighted by molar-refractivity contribution is 6.06. The van der Waals surface area contributed by atoms with Crippen LogP contribution < -0.4 is 4.74 Å². The summed E-state index contributed by atoms with van der Waals surface area (Å²) in [5, 5.41) is 14.0. The van der Waals surface area contributed by atoms with Crippen molar-refractivity contribution < 1.29 is 14.6 Å². The van der Waals surface area contributed by atoms with E-state index in [0.29, 0.717) is 23.3 Å². The molecule has 0 fully saturated rings. The van der Waals surface area contributed by atoms with Crippen molar-refractivity contribution in [2.75, 3.05) is 7.11 Å². The molecule has 2 rings (SSSR count). The molecule has 1 aromatic heterocycles. The van der Waals surface area contributed by atoms with Crippen LogP contribution in [-0.2, 0) is 13.5 Å². The molecule has 2 aromatic rings. The van der Waals surface area contributed by atoms with Gasteiger partial charge in [-0.05, 0) is 30.2 Å². The van der Waals surface area contributed by atoms with Gasteiger partial charge in [0.1, 0.15) is 0 Å². The summed E-state index contributed by atoms with van der Waals surface area (Å²) in [6, 6.07) is 3.47. The largest absolute Gasteiger partial charge is 0.504 e. The lowest BCUT2D eigenvalue weighted by Crippen LogP contribution is -1.93. The van der Waals surface area contributed by atoms with E-state index in [-0.39, 0.29) is 11.5 Å². The first-order valence-electron chi connectivity index (χ1n) is 6.77. The number of phenols is 1. The van der Waals surface area contributed by atoms with E-state index in [9.17, 15) is 9.90 Å². The Morgan fingerprint density at radius 3 is 2.86 bits per heavy atom. The van der Waals surface area contributed by atoms with E-state index in [0.717, 1.165) is 5.56 Å². The summed E-state index contributed by atoms with van der Waals surface area (Å²) in [6.45, 7) is 3.67. The number of ether oxygens (including phenoxy) is 1. The highest BCUT2D eigenvalue weighted by atomic mass is 16.5. The smallest absolute Gasteiger partial charge is 0.189 e. The fourth-order valence-electron chi connectivity index (χ4n) is 2.07. The molecule has 0 saturated heterocycles. The second kappa shape index (κ2) is 6.76. The van der Waals surface area contributed by atoms with E-state index >= 15 is 0 Å².